The number of hydrogen-bond donors (Lipinski definition) is 1. The van der Waals surface area contributed by atoms with Crippen LogP contribution in [0.4, 0.5) is 20.8 Å². The van der Waals surface area contributed by atoms with Crippen LogP contribution in [0.1, 0.15) is 51.7 Å². The van der Waals surface area contributed by atoms with E-state index in [1.807, 2.05) is 30.3 Å². The van der Waals surface area contributed by atoms with Gasteiger partial charge in [-0.05, 0) is 66.9 Å². The highest BCUT2D eigenvalue weighted by Crippen LogP contribution is 2.36. The third-order valence-electron chi connectivity index (χ3n) is 8.55. The highest BCUT2D eigenvalue weighted by Gasteiger charge is 2.34. The first-order valence-corrected chi connectivity index (χ1v) is 18.9. The zero-order chi connectivity index (χ0) is 39.5. The van der Waals surface area contributed by atoms with Gasteiger partial charge in [0.1, 0.15) is 22.9 Å². The number of methoxy groups -OCH3 is 1. The number of anilines is 2. The van der Waals surface area contributed by atoms with E-state index in [2.05, 4.69) is 10.1 Å². The normalized spacial score (nSPS) is 12.8. The van der Waals surface area contributed by atoms with Crippen molar-refractivity contribution < 1.29 is 41.4 Å². The summed E-state index contributed by atoms with van der Waals surface area (Å²) in [5.74, 6) is -2.20. The number of carbonyl (C=O) groups is 3. The lowest BCUT2D eigenvalue weighted by molar-refractivity contribution is -0.179. The number of nitrogens with two attached hydrogens (primary N) is 1. The summed E-state index contributed by atoms with van der Waals surface area (Å²) in [6.07, 6.45) is 0.546. The molecular formula is C39H43ClFN5O8S. The number of sulfone groups is 1. The van der Waals surface area contributed by atoms with E-state index in [9.17, 15) is 27.2 Å². The molecule has 2 N–H and O–H groups in total. The van der Waals surface area contributed by atoms with Crippen molar-refractivity contribution in [3.63, 3.8) is 0 Å². The first kappa shape index (κ1) is 42.4. The van der Waals surface area contributed by atoms with Crippen molar-refractivity contribution in [2.75, 3.05) is 18.3 Å². The van der Waals surface area contributed by atoms with Crippen molar-refractivity contribution in [3.05, 3.63) is 102 Å². The summed E-state index contributed by atoms with van der Waals surface area (Å²) < 4.78 is 56.2. The van der Waals surface area contributed by atoms with Crippen molar-refractivity contribution in [3.8, 4) is 16.9 Å². The highest BCUT2D eigenvalue weighted by molar-refractivity contribution is 7.90. The zero-order valence-corrected chi connectivity index (χ0v) is 33.0. The van der Waals surface area contributed by atoms with Crippen LogP contribution < -0.4 is 15.4 Å². The fraction of sp³-hybridized carbons (Fsp3) is 0.308. The Kier molecular flexibility index (Phi) is 13.1. The van der Waals surface area contributed by atoms with Gasteiger partial charge in [0, 0.05) is 42.3 Å². The number of hydrogen-bond acceptors (Lipinski definition) is 11. The zero-order valence-electron chi connectivity index (χ0n) is 31.3. The van der Waals surface area contributed by atoms with Crippen molar-refractivity contribution in [2.45, 2.75) is 63.7 Å². The largest absolute Gasteiger partial charge is 0.495 e. The molecule has 2 atom stereocenters. The summed E-state index contributed by atoms with van der Waals surface area (Å²) in [5, 5.41) is 4.57. The van der Waals surface area contributed by atoms with E-state index < -0.39 is 45.6 Å². The Morgan fingerprint density at radius 3 is 2.15 bits per heavy atom. The van der Waals surface area contributed by atoms with Crippen LogP contribution >= 0.6 is 12.4 Å². The molecule has 0 radical (unpaired) electrons. The molecule has 0 aliphatic carbocycles. The minimum atomic E-state index is -3.65. The van der Waals surface area contributed by atoms with Gasteiger partial charge in [0.2, 0.25) is 0 Å². The summed E-state index contributed by atoms with van der Waals surface area (Å²) in [4.78, 5) is 45.1. The smallest absolute Gasteiger partial charge is 0.424 e. The number of rotatable bonds is 13. The Labute approximate surface area is 324 Å². The molecule has 2 aromatic heterocycles. The third-order valence-corrected chi connectivity index (χ3v) is 9.66. The van der Waals surface area contributed by atoms with Gasteiger partial charge in [0.15, 0.2) is 15.5 Å². The van der Waals surface area contributed by atoms with Crippen LogP contribution in [0.5, 0.6) is 5.75 Å². The Balaban J connectivity index is 0.00000673. The highest BCUT2D eigenvalue weighted by atomic mass is 35.5. The number of nitrogens with zero attached hydrogens (tertiary/aromatic N) is 4. The fourth-order valence-electron chi connectivity index (χ4n) is 5.31. The predicted octanol–water partition coefficient (Wildman–Crippen LogP) is 6.82. The molecule has 5 aromatic rings. The average molecular weight is 796 g/mol. The molecule has 0 aliphatic heterocycles. The van der Waals surface area contributed by atoms with Crippen LogP contribution in [0, 0.1) is 11.7 Å². The number of amides is 1. The first-order valence-electron chi connectivity index (χ1n) is 17.0. The quantitative estimate of drug-likeness (QED) is 0.0979. The van der Waals surface area contributed by atoms with Crippen LogP contribution in [0.3, 0.4) is 0 Å². The lowest BCUT2D eigenvalue weighted by atomic mass is 9.92. The fourth-order valence-corrected chi connectivity index (χ4v) is 5.95. The lowest BCUT2D eigenvalue weighted by Crippen LogP contribution is -2.46. The molecule has 0 fully saturated rings. The molecular weight excluding hydrogens is 753 g/mol. The Bertz CT molecular complexity index is 2290. The second-order valence-corrected chi connectivity index (χ2v) is 15.8. The predicted molar refractivity (Wildman–Crippen MR) is 207 cm³/mol. The van der Waals surface area contributed by atoms with E-state index in [1.54, 1.807) is 45.2 Å². The number of pyridine rings is 1. The van der Waals surface area contributed by atoms with E-state index in [0.29, 0.717) is 5.65 Å². The molecule has 2 heterocycles. The molecule has 0 saturated heterocycles. The minimum absolute atomic E-state index is 0. The lowest BCUT2D eigenvalue weighted by Gasteiger charge is -2.28. The van der Waals surface area contributed by atoms with Crippen LogP contribution in [-0.4, -0.2) is 66.1 Å². The number of halogens is 2. The Morgan fingerprint density at radius 1 is 0.927 bits per heavy atom. The Hall–Kier alpha value is -5.38. The maximum atomic E-state index is 14.0. The molecule has 0 saturated carbocycles. The molecule has 0 spiro atoms. The number of aromatic nitrogens is 3. The number of esters is 1. The number of fused-ring (bicyclic) bond motifs is 1. The molecule has 16 heteroatoms. The van der Waals surface area contributed by atoms with Crippen LogP contribution in [0.2, 0.25) is 0 Å². The molecule has 1 unspecified atom stereocenters. The van der Waals surface area contributed by atoms with Crippen LogP contribution in [0.25, 0.3) is 16.8 Å². The van der Waals surface area contributed by atoms with Crippen molar-refractivity contribution in [2.24, 2.45) is 11.7 Å². The monoisotopic (exact) mass is 795 g/mol. The van der Waals surface area contributed by atoms with Crippen LogP contribution in [0.15, 0.2) is 90.0 Å². The van der Waals surface area contributed by atoms with E-state index in [-0.39, 0.29) is 52.7 Å². The summed E-state index contributed by atoms with van der Waals surface area (Å²) in [6, 6.07) is 20.8. The van der Waals surface area contributed by atoms with Crippen LogP contribution in [-0.2, 0) is 35.3 Å². The van der Waals surface area contributed by atoms with Gasteiger partial charge in [-0.2, -0.15) is 4.98 Å². The summed E-state index contributed by atoms with van der Waals surface area (Å²) >= 11 is 0. The second-order valence-electron chi connectivity index (χ2n) is 13.8. The van der Waals surface area contributed by atoms with E-state index in [0.717, 1.165) is 33.4 Å². The maximum Gasteiger partial charge on any atom is 0.424 e. The van der Waals surface area contributed by atoms with Gasteiger partial charge in [0.05, 0.1) is 17.7 Å². The van der Waals surface area contributed by atoms with Crippen molar-refractivity contribution in [1.82, 2.24) is 14.6 Å². The number of Topliss-reactive ketones (excluding diaryl/α,β-unsaturated/α-hetero) is 1. The average Bonchev–Trinajstić information content (AvgIpc) is 3.53. The van der Waals surface area contributed by atoms with Gasteiger partial charge in [-0.1, -0.05) is 57.2 Å². The number of ketones is 1. The summed E-state index contributed by atoms with van der Waals surface area (Å²) in [5.41, 5.74) is 8.07. The molecule has 1 amide bonds. The summed E-state index contributed by atoms with van der Waals surface area (Å²) in [6.45, 7) is 8.08. The molecule has 13 nitrogen and oxygen atoms in total. The molecule has 3 aromatic carbocycles. The molecule has 55 heavy (non-hydrogen) atoms. The topological polar surface area (TPSA) is 172 Å². The number of carbonyl (C=O) groups excluding carboxylic acids is 3. The molecule has 0 bridgehead atoms. The minimum Gasteiger partial charge on any atom is -0.495 e. The van der Waals surface area contributed by atoms with E-state index >= 15 is 0 Å². The molecule has 5 rings (SSSR count). The van der Waals surface area contributed by atoms with Crippen molar-refractivity contribution >= 4 is 57.4 Å². The van der Waals surface area contributed by atoms with Gasteiger partial charge in [0.25, 0.3) is 12.2 Å². The van der Waals surface area contributed by atoms with Gasteiger partial charge in [-0.15, -0.1) is 17.5 Å². The standard InChI is InChI=1S/C39H42FN5O8S.ClH/c1-23(2)35(52-36(47)39(4,5)41)53-38(48)45(31-18-17-30(54(7,49)50)21-33(31)51-6)37-42-34-19-14-28(22-44(34)43-37)27-10-8-25(9-11-27)20-32(46)24(3)26-12-15-29(40)16-13-26;/h8-19,21-24,35H,20,41H2,1-7H3;1H/t24-,35?;/m1./s1. The van der Waals surface area contributed by atoms with E-state index in [1.165, 1.54) is 55.8 Å². The summed E-state index contributed by atoms with van der Waals surface area (Å²) in [7, 11) is -2.33. The van der Waals surface area contributed by atoms with Crippen molar-refractivity contribution in [1.29, 1.82) is 0 Å². The number of ether oxygens (including phenoxy) is 3. The second kappa shape index (κ2) is 17.0. The molecule has 292 valence electrons. The third kappa shape index (κ3) is 10.0. The SMILES string of the molecule is COc1cc(S(C)(=O)=O)ccc1N(C(=O)OC(OC(=O)C(C)(C)N)C(C)C)c1nc2ccc(-c3ccc(CC(=O)[C@H](C)c4ccc(F)cc4)cc3)cn2n1.Cl. The maximum absolute atomic E-state index is 14.0. The Morgan fingerprint density at radius 2 is 1.56 bits per heavy atom. The number of benzene rings is 3. The first-order chi connectivity index (χ1) is 25.3. The van der Waals surface area contributed by atoms with Gasteiger partial charge in [-0.25, -0.2) is 31.8 Å². The van der Waals surface area contributed by atoms with Gasteiger partial charge < -0.3 is 19.9 Å². The van der Waals surface area contributed by atoms with E-state index in [4.69, 9.17) is 19.9 Å². The van der Waals surface area contributed by atoms with Gasteiger partial charge >= 0.3 is 12.1 Å². The molecule has 0 aliphatic rings. The van der Waals surface area contributed by atoms with Gasteiger partial charge in [-0.3, -0.25) is 4.79 Å².